The van der Waals surface area contributed by atoms with Gasteiger partial charge in [-0.25, -0.2) is 9.97 Å². The predicted octanol–water partition coefficient (Wildman–Crippen LogP) is 4.76. The monoisotopic (exact) mass is 402 g/mol. The first kappa shape index (κ1) is 20.0. The minimum Gasteiger partial charge on any atom is -0.354 e. The lowest BCUT2D eigenvalue weighted by Gasteiger charge is -2.31. The molecule has 1 amide bonds. The van der Waals surface area contributed by atoms with Gasteiger partial charge < -0.3 is 10.2 Å². The number of fused-ring (bicyclic) bond motifs is 1. The lowest BCUT2D eigenvalue weighted by molar-refractivity contribution is 0.0683. The standard InChI is InChI=1S/C24H26N4O2/c1-15-6-5-11-28(14-15)24(30)21-13-25-23-20(10-9-16(2)26-23)22(21)27-19-8-4-7-18(12-19)17(3)29/h4,7-10,12-13,15H,5-6,11,14H2,1-3H3,(H,25,26,27)/t15-/m0/s1. The number of nitrogens with zero attached hydrogens (tertiary/aromatic N) is 3. The van der Waals surface area contributed by atoms with E-state index in [0.29, 0.717) is 28.4 Å². The summed E-state index contributed by atoms with van der Waals surface area (Å²) in [4.78, 5) is 36.1. The number of nitrogens with one attached hydrogen (secondary N) is 1. The summed E-state index contributed by atoms with van der Waals surface area (Å²) in [6.45, 7) is 7.14. The molecule has 0 spiro atoms. The van der Waals surface area contributed by atoms with Crippen LogP contribution in [0.15, 0.2) is 42.6 Å². The Morgan fingerprint density at radius 3 is 2.80 bits per heavy atom. The van der Waals surface area contributed by atoms with Crippen molar-refractivity contribution in [1.82, 2.24) is 14.9 Å². The molecule has 6 nitrogen and oxygen atoms in total. The molecule has 154 valence electrons. The third kappa shape index (κ3) is 4.03. The molecule has 3 heterocycles. The fraction of sp³-hybridized carbons (Fsp3) is 0.333. The van der Waals surface area contributed by atoms with Gasteiger partial charge in [-0.05, 0) is 56.9 Å². The first-order valence-corrected chi connectivity index (χ1v) is 10.4. The van der Waals surface area contributed by atoms with Gasteiger partial charge in [-0.15, -0.1) is 0 Å². The summed E-state index contributed by atoms with van der Waals surface area (Å²) in [6, 6.07) is 11.2. The van der Waals surface area contributed by atoms with E-state index in [1.807, 2.05) is 36.1 Å². The van der Waals surface area contributed by atoms with E-state index in [-0.39, 0.29) is 11.7 Å². The number of carbonyl (C=O) groups excluding carboxylic acids is 2. The topological polar surface area (TPSA) is 75.2 Å². The molecule has 1 aromatic carbocycles. The van der Waals surface area contributed by atoms with Crippen LogP contribution in [0.3, 0.4) is 0 Å². The SMILES string of the molecule is CC(=O)c1cccc(Nc2c(C(=O)N3CCC[C@H](C)C3)cnc3nc(C)ccc23)c1. The molecule has 3 aromatic rings. The highest BCUT2D eigenvalue weighted by molar-refractivity contribution is 6.07. The maximum Gasteiger partial charge on any atom is 0.257 e. The van der Waals surface area contributed by atoms with E-state index < -0.39 is 0 Å². The predicted molar refractivity (Wildman–Crippen MR) is 118 cm³/mol. The second kappa shape index (κ2) is 8.22. The zero-order valence-electron chi connectivity index (χ0n) is 17.6. The lowest BCUT2D eigenvalue weighted by atomic mass is 9.99. The number of ketones is 1. The fourth-order valence-electron chi connectivity index (χ4n) is 3.97. The lowest BCUT2D eigenvalue weighted by Crippen LogP contribution is -2.39. The average molecular weight is 402 g/mol. The van der Waals surface area contributed by atoms with Gasteiger partial charge in [0.15, 0.2) is 11.4 Å². The second-order valence-electron chi connectivity index (χ2n) is 8.13. The number of amides is 1. The zero-order chi connectivity index (χ0) is 21.3. The van der Waals surface area contributed by atoms with E-state index in [2.05, 4.69) is 22.2 Å². The largest absolute Gasteiger partial charge is 0.354 e. The van der Waals surface area contributed by atoms with Gasteiger partial charge in [0.1, 0.15) is 0 Å². The number of benzene rings is 1. The van der Waals surface area contributed by atoms with Crippen LogP contribution in [0.2, 0.25) is 0 Å². The van der Waals surface area contributed by atoms with Gasteiger partial charge in [0, 0.05) is 41.6 Å². The number of anilines is 2. The van der Waals surface area contributed by atoms with Crippen molar-refractivity contribution in [3.8, 4) is 0 Å². The van der Waals surface area contributed by atoms with Crippen LogP contribution in [0.25, 0.3) is 11.0 Å². The Morgan fingerprint density at radius 2 is 2.03 bits per heavy atom. The highest BCUT2D eigenvalue weighted by atomic mass is 16.2. The third-order valence-electron chi connectivity index (χ3n) is 5.58. The summed E-state index contributed by atoms with van der Waals surface area (Å²) < 4.78 is 0. The molecular formula is C24H26N4O2. The zero-order valence-corrected chi connectivity index (χ0v) is 17.6. The summed E-state index contributed by atoms with van der Waals surface area (Å²) in [5.74, 6) is 0.458. The first-order valence-electron chi connectivity index (χ1n) is 10.4. The van der Waals surface area contributed by atoms with Crippen molar-refractivity contribution in [1.29, 1.82) is 0 Å². The third-order valence-corrected chi connectivity index (χ3v) is 5.58. The van der Waals surface area contributed by atoms with Crippen molar-refractivity contribution >= 4 is 34.1 Å². The Bertz CT molecular complexity index is 1130. The van der Waals surface area contributed by atoms with Crippen LogP contribution in [-0.4, -0.2) is 39.6 Å². The summed E-state index contributed by atoms with van der Waals surface area (Å²) in [6.07, 6.45) is 3.78. The number of rotatable bonds is 4. The number of aromatic nitrogens is 2. The number of likely N-dealkylation sites (tertiary alicyclic amines) is 1. The van der Waals surface area contributed by atoms with Crippen molar-refractivity contribution < 1.29 is 9.59 Å². The molecule has 30 heavy (non-hydrogen) atoms. The van der Waals surface area contributed by atoms with E-state index in [0.717, 1.165) is 42.7 Å². The number of piperidine rings is 1. The van der Waals surface area contributed by atoms with Gasteiger partial charge in [0.25, 0.3) is 5.91 Å². The smallest absolute Gasteiger partial charge is 0.257 e. The molecule has 1 aliphatic heterocycles. The molecule has 1 atom stereocenters. The number of pyridine rings is 2. The number of hydrogen-bond donors (Lipinski definition) is 1. The highest BCUT2D eigenvalue weighted by Crippen LogP contribution is 2.31. The molecular weight excluding hydrogens is 376 g/mol. The van der Waals surface area contributed by atoms with E-state index in [1.165, 1.54) is 0 Å². The van der Waals surface area contributed by atoms with E-state index in [4.69, 9.17) is 0 Å². The number of Topliss-reactive ketones (excluding diaryl/α,β-unsaturated/α-hetero) is 1. The van der Waals surface area contributed by atoms with Gasteiger partial charge in [-0.3, -0.25) is 9.59 Å². The van der Waals surface area contributed by atoms with Crippen LogP contribution in [0.4, 0.5) is 11.4 Å². The highest BCUT2D eigenvalue weighted by Gasteiger charge is 2.25. The fourth-order valence-corrected chi connectivity index (χ4v) is 3.97. The first-order chi connectivity index (χ1) is 14.4. The number of hydrogen-bond acceptors (Lipinski definition) is 5. The Morgan fingerprint density at radius 1 is 1.20 bits per heavy atom. The maximum absolute atomic E-state index is 13.4. The molecule has 6 heteroatoms. The Kier molecular flexibility index (Phi) is 5.48. The van der Waals surface area contributed by atoms with Crippen LogP contribution in [-0.2, 0) is 0 Å². The van der Waals surface area contributed by atoms with Crippen LogP contribution in [0, 0.1) is 12.8 Å². The molecule has 1 aliphatic rings. The minimum absolute atomic E-state index is 0.00543. The van der Waals surface area contributed by atoms with Crippen molar-refractivity contribution in [2.75, 3.05) is 18.4 Å². The van der Waals surface area contributed by atoms with Gasteiger partial charge in [-0.2, -0.15) is 0 Å². The van der Waals surface area contributed by atoms with E-state index in [1.54, 1.807) is 25.3 Å². The van der Waals surface area contributed by atoms with Crippen molar-refractivity contribution in [3.63, 3.8) is 0 Å². The molecule has 4 rings (SSSR count). The van der Waals surface area contributed by atoms with Crippen LogP contribution in [0.5, 0.6) is 0 Å². The van der Waals surface area contributed by atoms with E-state index >= 15 is 0 Å². The van der Waals surface area contributed by atoms with Gasteiger partial charge >= 0.3 is 0 Å². The average Bonchev–Trinajstić information content (AvgIpc) is 2.73. The summed E-state index contributed by atoms with van der Waals surface area (Å²) in [5.41, 5.74) is 4.01. The van der Waals surface area contributed by atoms with E-state index in [9.17, 15) is 9.59 Å². The van der Waals surface area contributed by atoms with Crippen LogP contribution in [0.1, 0.15) is 53.1 Å². The summed E-state index contributed by atoms with van der Waals surface area (Å²) >= 11 is 0. The molecule has 0 unspecified atom stereocenters. The van der Waals surface area contributed by atoms with Gasteiger partial charge in [-0.1, -0.05) is 19.1 Å². The maximum atomic E-state index is 13.4. The minimum atomic E-state index is -0.0262. The molecule has 0 saturated carbocycles. The van der Waals surface area contributed by atoms with Crippen molar-refractivity contribution in [2.45, 2.75) is 33.6 Å². The molecule has 2 aromatic heterocycles. The molecule has 0 bridgehead atoms. The summed E-state index contributed by atoms with van der Waals surface area (Å²) in [7, 11) is 0. The van der Waals surface area contributed by atoms with Crippen molar-refractivity contribution in [2.24, 2.45) is 5.92 Å². The number of carbonyl (C=O) groups is 2. The summed E-state index contributed by atoms with van der Waals surface area (Å²) in [5, 5.41) is 4.16. The molecule has 0 aliphatic carbocycles. The normalized spacial score (nSPS) is 16.5. The Labute approximate surface area is 176 Å². The molecule has 1 fully saturated rings. The molecule has 0 radical (unpaired) electrons. The molecule has 1 N–H and O–H groups in total. The second-order valence-corrected chi connectivity index (χ2v) is 8.13. The van der Waals surface area contributed by atoms with Crippen LogP contribution < -0.4 is 5.32 Å². The van der Waals surface area contributed by atoms with Crippen molar-refractivity contribution in [3.05, 3.63) is 59.4 Å². The number of aryl methyl sites for hydroxylation is 1. The van der Waals surface area contributed by atoms with Gasteiger partial charge in [0.2, 0.25) is 0 Å². The quantitative estimate of drug-likeness (QED) is 0.637. The van der Waals surface area contributed by atoms with Crippen LogP contribution >= 0.6 is 0 Å². The Hall–Kier alpha value is -3.28. The van der Waals surface area contributed by atoms with Gasteiger partial charge in [0.05, 0.1) is 11.3 Å². The molecule has 1 saturated heterocycles. The Balaban J connectivity index is 1.80.